The van der Waals surface area contributed by atoms with Crippen LogP contribution in [0.3, 0.4) is 0 Å². The van der Waals surface area contributed by atoms with Gasteiger partial charge in [-0.1, -0.05) is 17.7 Å². The van der Waals surface area contributed by atoms with Gasteiger partial charge in [0.2, 0.25) is 0 Å². The molecule has 0 saturated carbocycles. The molecule has 1 saturated heterocycles. The van der Waals surface area contributed by atoms with Crippen molar-refractivity contribution in [2.45, 2.75) is 45.7 Å². The summed E-state index contributed by atoms with van der Waals surface area (Å²) >= 11 is 6.16. The summed E-state index contributed by atoms with van der Waals surface area (Å²) in [6, 6.07) is 6.14. The van der Waals surface area contributed by atoms with Crippen LogP contribution in [0.1, 0.15) is 33.3 Å². The highest BCUT2D eigenvalue weighted by molar-refractivity contribution is 6.30. The summed E-state index contributed by atoms with van der Waals surface area (Å²) in [5.74, 6) is 0. The van der Waals surface area contributed by atoms with E-state index in [4.69, 9.17) is 11.6 Å². The van der Waals surface area contributed by atoms with E-state index in [0.717, 1.165) is 18.1 Å². The second-order valence-corrected chi connectivity index (χ2v) is 7.00. The number of nitrogens with one attached hydrogen (secondary N) is 1. The molecule has 100 valence electrons. The molecule has 1 aromatic rings. The predicted molar refractivity (Wildman–Crippen MR) is 79.7 cm³/mol. The molecule has 0 aromatic heterocycles. The molecule has 18 heavy (non-hydrogen) atoms. The van der Waals surface area contributed by atoms with Gasteiger partial charge in [-0.15, -0.1) is 0 Å². The summed E-state index contributed by atoms with van der Waals surface area (Å²) in [4.78, 5) is 2.48. The zero-order chi connectivity index (χ0) is 13.6. The number of halogens is 1. The molecule has 1 aliphatic heterocycles. The maximum absolute atomic E-state index is 6.16. The van der Waals surface area contributed by atoms with Crippen LogP contribution in [0.25, 0.3) is 0 Å². The van der Waals surface area contributed by atoms with Crippen LogP contribution in [-0.2, 0) is 0 Å². The minimum Gasteiger partial charge on any atom is -0.363 e. The van der Waals surface area contributed by atoms with Gasteiger partial charge in [-0.25, -0.2) is 0 Å². The number of hydrogen-bond donors (Lipinski definition) is 1. The second kappa shape index (κ2) is 4.43. The zero-order valence-electron chi connectivity index (χ0n) is 12.0. The first kappa shape index (κ1) is 13.7. The maximum atomic E-state index is 6.16. The van der Waals surface area contributed by atoms with E-state index in [-0.39, 0.29) is 11.1 Å². The van der Waals surface area contributed by atoms with Gasteiger partial charge in [0.15, 0.2) is 0 Å². The topological polar surface area (TPSA) is 15.3 Å². The second-order valence-electron chi connectivity index (χ2n) is 6.57. The minimum absolute atomic E-state index is 0.102. The molecule has 1 fully saturated rings. The monoisotopic (exact) mass is 266 g/mol. The van der Waals surface area contributed by atoms with Crippen molar-refractivity contribution in [2.24, 2.45) is 0 Å². The van der Waals surface area contributed by atoms with Gasteiger partial charge in [0.1, 0.15) is 0 Å². The van der Waals surface area contributed by atoms with Gasteiger partial charge >= 0.3 is 0 Å². The van der Waals surface area contributed by atoms with Crippen molar-refractivity contribution in [3.63, 3.8) is 0 Å². The lowest BCUT2D eigenvalue weighted by Gasteiger charge is -2.51. The fourth-order valence-corrected chi connectivity index (χ4v) is 2.67. The standard InChI is InChI=1S/C15H23ClN2/c1-11-6-7-12(16)8-13(11)18-10-14(2,3)17-9-15(18,4)5/h6-8,17H,9-10H2,1-5H3. The summed E-state index contributed by atoms with van der Waals surface area (Å²) in [5, 5.41) is 4.42. The van der Waals surface area contributed by atoms with E-state index in [1.807, 2.05) is 6.07 Å². The molecule has 1 heterocycles. The molecule has 0 spiro atoms. The van der Waals surface area contributed by atoms with Crippen molar-refractivity contribution < 1.29 is 0 Å². The molecule has 0 radical (unpaired) electrons. The highest BCUT2D eigenvalue weighted by Crippen LogP contribution is 2.33. The Morgan fingerprint density at radius 1 is 1.22 bits per heavy atom. The first-order chi connectivity index (χ1) is 8.21. The number of rotatable bonds is 1. The van der Waals surface area contributed by atoms with Crippen molar-refractivity contribution in [3.05, 3.63) is 28.8 Å². The molecule has 1 aromatic carbocycles. The van der Waals surface area contributed by atoms with Gasteiger partial charge in [0.25, 0.3) is 0 Å². The Hall–Kier alpha value is -0.730. The number of benzene rings is 1. The molecule has 3 heteroatoms. The summed E-state index contributed by atoms with van der Waals surface area (Å²) < 4.78 is 0. The van der Waals surface area contributed by atoms with Gasteiger partial charge in [-0.05, 0) is 52.3 Å². The highest BCUT2D eigenvalue weighted by atomic mass is 35.5. The molecule has 1 N–H and O–H groups in total. The number of hydrogen-bond acceptors (Lipinski definition) is 2. The van der Waals surface area contributed by atoms with E-state index in [1.54, 1.807) is 0 Å². The Kier molecular flexibility index (Phi) is 3.37. The van der Waals surface area contributed by atoms with Crippen LogP contribution in [0.2, 0.25) is 5.02 Å². The molecule has 0 amide bonds. The average molecular weight is 267 g/mol. The fourth-order valence-electron chi connectivity index (χ4n) is 2.50. The SMILES string of the molecule is Cc1ccc(Cl)cc1N1CC(C)(C)NCC1(C)C. The van der Waals surface area contributed by atoms with Gasteiger partial charge in [0, 0.05) is 34.9 Å². The van der Waals surface area contributed by atoms with Crippen molar-refractivity contribution in [1.29, 1.82) is 0 Å². The first-order valence-electron chi connectivity index (χ1n) is 6.50. The third-order valence-corrected chi connectivity index (χ3v) is 3.98. The van der Waals surface area contributed by atoms with E-state index in [0.29, 0.717) is 0 Å². The fraction of sp³-hybridized carbons (Fsp3) is 0.600. The summed E-state index contributed by atoms with van der Waals surface area (Å²) in [5.41, 5.74) is 2.77. The normalized spacial score (nSPS) is 22.0. The molecular weight excluding hydrogens is 244 g/mol. The first-order valence-corrected chi connectivity index (χ1v) is 6.88. The average Bonchev–Trinajstić information content (AvgIpc) is 2.26. The predicted octanol–water partition coefficient (Wildman–Crippen LogP) is 3.62. The molecule has 2 nitrogen and oxygen atoms in total. The summed E-state index contributed by atoms with van der Waals surface area (Å²) in [6.07, 6.45) is 0. The molecule has 2 rings (SSSR count). The maximum Gasteiger partial charge on any atom is 0.0471 e. The van der Waals surface area contributed by atoms with Gasteiger partial charge in [0.05, 0.1) is 0 Å². The van der Waals surface area contributed by atoms with Crippen LogP contribution in [-0.4, -0.2) is 24.2 Å². The van der Waals surface area contributed by atoms with Crippen LogP contribution in [0.4, 0.5) is 5.69 Å². The van der Waals surface area contributed by atoms with Crippen LogP contribution in [0.15, 0.2) is 18.2 Å². The van der Waals surface area contributed by atoms with Crippen molar-refractivity contribution in [1.82, 2.24) is 5.32 Å². The van der Waals surface area contributed by atoms with Crippen LogP contribution < -0.4 is 10.2 Å². The molecule has 0 bridgehead atoms. The third-order valence-electron chi connectivity index (χ3n) is 3.75. The highest BCUT2D eigenvalue weighted by Gasteiger charge is 2.38. The number of piperazine rings is 1. The van der Waals surface area contributed by atoms with Gasteiger partial charge in [-0.3, -0.25) is 0 Å². The van der Waals surface area contributed by atoms with E-state index in [2.05, 4.69) is 57.0 Å². The Morgan fingerprint density at radius 3 is 2.56 bits per heavy atom. The van der Waals surface area contributed by atoms with Crippen LogP contribution in [0, 0.1) is 6.92 Å². The third kappa shape index (κ3) is 2.65. The molecule has 0 aliphatic carbocycles. The molecule has 0 unspecified atom stereocenters. The van der Waals surface area contributed by atoms with Crippen molar-refractivity contribution in [3.8, 4) is 0 Å². The minimum atomic E-state index is 0.102. The van der Waals surface area contributed by atoms with Crippen LogP contribution >= 0.6 is 11.6 Å². The van der Waals surface area contributed by atoms with E-state index in [1.165, 1.54) is 11.3 Å². The molecular formula is C15H23ClN2. The van der Waals surface area contributed by atoms with E-state index in [9.17, 15) is 0 Å². The lowest BCUT2D eigenvalue weighted by molar-refractivity contribution is 0.260. The lowest BCUT2D eigenvalue weighted by atomic mass is 9.90. The Morgan fingerprint density at radius 2 is 1.89 bits per heavy atom. The summed E-state index contributed by atoms with van der Waals surface area (Å²) in [7, 11) is 0. The van der Waals surface area contributed by atoms with Crippen LogP contribution in [0.5, 0.6) is 0 Å². The Bertz CT molecular complexity index is 452. The largest absolute Gasteiger partial charge is 0.363 e. The molecule has 1 aliphatic rings. The Balaban J connectivity index is 2.42. The number of nitrogens with zero attached hydrogens (tertiary/aromatic N) is 1. The lowest BCUT2D eigenvalue weighted by Crippen LogP contribution is -2.66. The number of aryl methyl sites for hydroxylation is 1. The zero-order valence-corrected chi connectivity index (χ0v) is 12.7. The quantitative estimate of drug-likeness (QED) is 0.835. The van der Waals surface area contributed by atoms with Gasteiger partial charge < -0.3 is 10.2 Å². The van der Waals surface area contributed by atoms with Crippen molar-refractivity contribution in [2.75, 3.05) is 18.0 Å². The number of anilines is 1. The van der Waals surface area contributed by atoms with Gasteiger partial charge in [-0.2, -0.15) is 0 Å². The van der Waals surface area contributed by atoms with Crippen molar-refractivity contribution >= 4 is 17.3 Å². The van der Waals surface area contributed by atoms with E-state index < -0.39 is 0 Å². The smallest absolute Gasteiger partial charge is 0.0471 e. The Labute approximate surface area is 115 Å². The molecule has 0 atom stereocenters. The van der Waals surface area contributed by atoms with E-state index >= 15 is 0 Å². The summed E-state index contributed by atoms with van der Waals surface area (Å²) in [6.45, 7) is 13.2.